The highest BCUT2D eigenvalue weighted by molar-refractivity contribution is 7.86. The molecule has 0 saturated heterocycles. The molecule has 0 bridgehead atoms. The van der Waals surface area contributed by atoms with Crippen LogP contribution in [0.5, 0.6) is 5.75 Å². The molecule has 64 heavy (non-hydrogen) atoms. The van der Waals surface area contributed by atoms with E-state index in [0.717, 1.165) is 22.0 Å². The number of benzene rings is 6. The van der Waals surface area contributed by atoms with Gasteiger partial charge in [0.1, 0.15) is 52.8 Å². The highest BCUT2D eigenvalue weighted by Crippen LogP contribution is 2.47. The number of ether oxygens (including phenoxy) is 2. The van der Waals surface area contributed by atoms with E-state index >= 15 is 0 Å². The third-order valence-electron chi connectivity index (χ3n) is 10.2. The number of rotatable bonds is 8. The lowest BCUT2D eigenvalue weighted by Gasteiger charge is -2.29. The second kappa shape index (κ2) is 16.3. The lowest BCUT2D eigenvalue weighted by molar-refractivity contribution is 0.0444. The Morgan fingerprint density at radius 2 is 1.50 bits per heavy atom. The molecule has 0 amide bonds. The summed E-state index contributed by atoms with van der Waals surface area (Å²) in [4.78, 5) is 42.7. The van der Waals surface area contributed by atoms with Crippen molar-refractivity contribution in [3.63, 3.8) is 0 Å². The molecule has 1 aliphatic heterocycles. The molecule has 0 aliphatic carbocycles. The van der Waals surface area contributed by atoms with Gasteiger partial charge in [0.2, 0.25) is 0 Å². The molecule has 0 saturated carbocycles. The Bertz CT molecular complexity index is 3560. The Morgan fingerprint density at radius 3 is 2.17 bits per heavy atom. The number of para-hydroxylation sites is 1. The Morgan fingerprint density at radius 1 is 0.812 bits per heavy atom. The molecule has 2 N–H and O–H groups in total. The molecular formula is C45H27ClN10O7S. The van der Waals surface area contributed by atoms with E-state index in [0.29, 0.717) is 22.4 Å². The van der Waals surface area contributed by atoms with Crippen LogP contribution in [-0.2, 0) is 14.9 Å². The maximum absolute atomic E-state index is 13.4. The van der Waals surface area contributed by atoms with Gasteiger partial charge in [0.25, 0.3) is 10.1 Å². The Labute approximate surface area is 367 Å². The summed E-state index contributed by atoms with van der Waals surface area (Å²) >= 11 is 6.29. The van der Waals surface area contributed by atoms with Crippen LogP contribution in [0.4, 0.5) is 17.1 Å². The molecule has 10 rings (SSSR count). The minimum absolute atomic E-state index is 0.124. The summed E-state index contributed by atoms with van der Waals surface area (Å²) in [7, 11) is -3.56. The van der Waals surface area contributed by atoms with Crippen molar-refractivity contribution in [2.75, 3.05) is 17.5 Å². The minimum atomic E-state index is -4.89. The Kier molecular flexibility index (Phi) is 10.4. The van der Waals surface area contributed by atoms with E-state index in [1.165, 1.54) is 42.8 Å². The molecule has 17 nitrogen and oxygen atoms in total. The van der Waals surface area contributed by atoms with Gasteiger partial charge in [-0.2, -0.15) is 18.9 Å². The summed E-state index contributed by atoms with van der Waals surface area (Å²) in [5.74, 6) is -1.23. The van der Waals surface area contributed by atoms with Gasteiger partial charge in [-0.3, -0.25) is 14.7 Å². The maximum Gasteiger partial charge on any atom is 0.349 e. The molecule has 1 aliphatic rings. The first kappa shape index (κ1) is 40.7. The first-order valence-electron chi connectivity index (χ1n) is 18.8. The number of nitrogens with zero attached hydrogens (tertiary/aromatic N) is 9. The monoisotopic (exact) mass is 886 g/mol. The minimum Gasteiger partial charge on any atom is -0.495 e. The van der Waals surface area contributed by atoms with E-state index < -0.39 is 32.5 Å². The van der Waals surface area contributed by atoms with Crippen LogP contribution >= 0.6 is 11.6 Å². The summed E-state index contributed by atoms with van der Waals surface area (Å²) in [5, 5.41) is 22.5. The molecule has 0 atom stereocenters. The lowest BCUT2D eigenvalue weighted by atomic mass is 9.88. The molecule has 19 heteroatoms. The molecule has 6 aromatic carbocycles. The fourth-order valence-electron chi connectivity index (χ4n) is 7.66. The summed E-state index contributed by atoms with van der Waals surface area (Å²) in [6, 6.07) is 33.3. The van der Waals surface area contributed by atoms with Crippen LogP contribution in [0.15, 0.2) is 140 Å². The molecule has 312 valence electrons. The van der Waals surface area contributed by atoms with E-state index in [1.807, 2.05) is 96.0 Å². The fraction of sp³-hybridized carbons (Fsp3) is 0.0222. The van der Waals surface area contributed by atoms with Crippen LogP contribution < -0.4 is 15.2 Å². The van der Waals surface area contributed by atoms with Gasteiger partial charge in [0, 0.05) is 34.1 Å². The smallest absolute Gasteiger partial charge is 0.349 e. The van der Waals surface area contributed by atoms with Crippen molar-refractivity contribution in [1.29, 1.82) is 10.5 Å². The second-order valence-electron chi connectivity index (χ2n) is 13.8. The zero-order valence-corrected chi connectivity index (χ0v) is 34.5. The standard InChI is InChI=1S/C29H17N5O3.C16H10ClN5O4S/c35-28-24-23(18-9-3-1-4-10-18)20-13-7-8-14-21(20)26(25(24)29(36)37-28)34(19-11-5-2-6-12-19)33-17-32-22-15-30-16-31-27(22)33;1-26-12-3-2-9-13(14(12)17)16(27(23,24)25)11(7-19)10(6-18)15(9)21-22-5-4-20-8-22/h1-17H;2-5,8,21H,1H3,(H,23,24,25). The predicted octanol–water partition coefficient (Wildman–Crippen LogP) is 8.12. The average molecular weight is 887 g/mol. The van der Waals surface area contributed by atoms with Crippen LogP contribution in [-0.4, -0.2) is 61.3 Å². The number of carbonyl (C=O) groups excluding carboxylic acids is 2. The number of hydrogen-bond donors (Lipinski definition) is 2. The zero-order valence-electron chi connectivity index (χ0n) is 32.9. The van der Waals surface area contributed by atoms with Crippen LogP contribution in [0, 0.1) is 22.7 Å². The highest BCUT2D eigenvalue weighted by atomic mass is 35.5. The number of esters is 2. The number of carbonyl (C=O) groups is 2. The van der Waals surface area contributed by atoms with E-state index in [2.05, 4.69) is 25.4 Å². The van der Waals surface area contributed by atoms with Crippen molar-refractivity contribution in [3.05, 3.63) is 162 Å². The van der Waals surface area contributed by atoms with Crippen molar-refractivity contribution < 1.29 is 32.0 Å². The van der Waals surface area contributed by atoms with Gasteiger partial charge in [0.15, 0.2) is 5.65 Å². The van der Waals surface area contributed by atoms with Crippen LogP contribution in [0.25, 0.3) is 43.8 Å². The molecule has 0 unspecified atom stereocenters. The number of fused-ring (bicyclic) bond motifs is 4. The van der Waals surface area contributed by atoms with Gasteiger partial charge in [-0.15, -0.1) is 0 Å². The van der Waals surface area contributed by atoms with Crippen LogP contribution in [0.1, 0.15) is 31.8 Å². The average Bonchev–Trinajstić information content (AvgIpc) is 4.06. The van der Waals surface area contributed by atoms with Crippen molar-refractivity contribution in [2.24, 2.45) is 0 Å². The van der Waals surface area contributed by atoms with E-state index in [-0.39, 0.29) is 43.9 Å². The number of nitriles is 2. The van der Waals surface area contributed by atoms with Gasteiger partial charge < -0.3 is 9.47 Å². The van der Waals surface area contributed by atoms with Gasteiger partial charge in [-0.05, 0) is 35.2 Å². The molecule has 0 radical (unpaired) electrons. The summed E-state index contributed by atoms with van der Waals surface area (Å²) in [5.41, 5.74) is 6.48. The lowest BCUT2D eigenvalue weighted by Crippen LogP contribution is -2.26. The molecule has 0 spiro atoms. The number of methoxy groups -OCH3 is 1. The molecule has 4 heterocycles. The van der Waals surface area contributed by atoms with Crippen molar-refractivity contribution in [2.45, 2.75) is 4.90 Å². The maximum atomic E-state index is 13.4. The molecule has 3 aromatic heterocycles. The number of aromatic nitrogens is 6. The second-order valence-corrected chi connectivity index (χ2v) is 15.5. The third kappa shape index (κ3) is 6.82. The zero-order chi connectivity index (χ0) is 44.7. The van der Waals surface area contributed by atoms with Crippen molar-refractivity contribution in [3.8, 4) is 29.0 Å². The number of anilines is 3. The molecular weight excluding hydrogens is 860 g/mol. The van der Waals surface area contributed by atoms with Crippen LogP contribution in [0.3, 0.4) is 0 Å². The normalized spacial score (nSPS) is 12.0. The van der Waals surface area contributed by atoms with Crippen molar-refractivity contribution in [1.82, 2.24) is 29.3 Å². The van der Waals surface area contributed by atoms with Crippen molar-refractivity contribution >= 4 is 83.4 Å². The third-order valence-corrected chi connectivity index (χ3v) is 11.5. The fourth-order valence-corrected chi connectivity index (χ4v) is 8.92. The predicted molar refractivity (Wildman–Crippen MR) is 234 cm³/mol. The number of hydrogen-bond acceptors (Lipinski definition) is 14. The topological polar surface area (TPSA) is 231 Å². The number of halogens is 1. The first-order valence-corrected chi connectivity index (χ1v) is 20.6. The number of imidazole rings is 2. The largest absolute Gasteiger partial charge is 0.495 e. The number of cyclic esters (lactones) is 2. The SMILES string of the molecule is COc1ccc2c(Nn3ccnc3)c(C#N)c(C#N)c(S(=O)(=O)O)c2c1Cl.O=C1OC(=O)c2c1c(-c1ccccc1)c1ccccc1c2N(c1ccccc1)n1cnc2cncnc21. The quantitative estimate of drug-likeness (QED) is 0.0833. The first-order chi connectivity index (χ1) is 31.0. The van der Waals surface area contributed by atoms with E-state index in [4.69, 9.17) is 21.1 Å². The highest BCUT2D eigenvalue weighted by Gasteiger charge is 2.40. The van der Waals surface area contributed by atoms with Gasteiger partial charge in [0.05, 0.1) is 52.1 Å². The van der Waals surface area contributed by atoms with Gasteiger partial charge in [-0.1, -0.05) is 84.4 Å². The molecule has 0 fully saturated rings. The number of nitrogens with one attached hydrogen (secondary N) is 1. The summed E-state index contributed by atoms with van der Waals surface area (Å²) in [6.45, 7) is 0. The van der Waals surface area contributed by atoms with Gasteiger partial charge >= 0.3 is 11.9 Å². The summed E-state index contributed by atoms with van der Waals surface area (Å²) in [6.07, 6.45) is 9.13. The Hall–Kier alpha value is -8.68. The van der Waals surface area contributed by atoms with E-state index in [9.17, 15) is 33.1 Å². The van der Waals surface area contributed by atoms with Crippen LogP contribution in [0.2, 0.25) is 5.02 Å². The Balaban J connectivity index is 0.000000171. The molecule has 9 aromatic rings. The van der Waals surface area contributed by atoms with E-state index in [1.54, 1.807) is 29.5 Å². The van der Waals surface area contributed by atoms with Gasteiger partial charge in [-0.25, -0.2) is 39.2 Å². The summed E-state index contributed by atoms with van der Waals surface area (Å²) < 4.78 is 47.3.